The van der Waals surface area contributed by atoms with Crippen LogP contribution in [0.1, 0.15) is 25.3 Å². The van der Waals surface area contributed by atoms with Crippen LogP contribution in [0.4, 0.5) is 0 Å². The van der Waals surface area contributed by atoms with E-state index in [-0.39, 0.29) is 29.5 Å². The van der Waals surface area contributed by atoms with E-state index in [9.17, 15) is 14.4 Å². The quantitative estimate of drug-likeness (QED) is 0.786. The molecule has 0 radical (unpaired) electrons. The van der Waals surface area contributed by atoms with Gasteiger partial charge in [0.25, 0.3) is 0 Å². The van der Waals surface area contributed by atoms with E-state index >= 15 is 0 Å². The number of hydrogen-bond donors (Lipinski definition) is 1. The van der Waals surface area contributed by atoms with Gasteiger partial charge < -0.3 is 15.2 Å². The lowest BCUT2D eigenvalue weighted by Crippen LogP contribution is -2.40. The molecule has 0 bridgehead atoms. The van der Waals surface area contributed by atoms with Crippen molar-refractivity contribution in [2.24, 2.45) is 5.73 Å². The van der Waals surface area contributed by atoms with Gasteiger partial charge in [0.05, 0.1) is 41.1 Å². The lowest BCUT2D eigenvalue weighted by molar-refractivity contribution is -0.139. The van der Waals surface area contributed by atoms with Gasteiger partial charge in [-0.05, 0) is 19.4 Å². The Bertz CT molecular complexity index is 862. The topological polar surface area (TPSA) is 98.9 Å². The summed E-state index contributed by atoms with van der Waals surface area (Å²) in [6.45, 7) is 3.59. The number of hydrogen-bond acceptors (Lipinski definition) is 7. The average molecular weight is 388 g/mol. The number of nitrogens with two attached hydrogens (primary N) is 1. The first kappa shape index (κ1) is 19.0. The summed E-state index contributed by atoms with van der Waals surface area (Å²) in [6, 6.07) is 9.02. The summed E-state index contributed by atoms with van der Waals surface area (Å²) in [5.74, 6) is -2.37. The maximum Gasteiger partial charge on any atom is 0.338 e. The molecule has 2 N–H and O–H groups in total. The molecule has 1 aromatic carbocycles. The molecule has 7 nitrogen and oxygen atoms in total. The number of nitrogens with zero attached hydrogens (tertiary/aromatic N) is 1. The fraction of sp³-hybridized carbons (Fsp3) is 0.316. The van der Waals surface area contributed by atoms with E-state index in [4.69, 9.17) is 15.2 Å². The van der Waals surface area contributed by atoms with Gasteiger partial charge in [-0.15, -0.1) is 0 Å². The molecule has 0 saturated carbocycles. The van der Waals surface area contributed by atoms with E-state index in [1.165, 1.54) is 23.8 Å². The molecule has 1 amide bonds. The van der Waals surface area contributed by atoms with Crippen molar-refractivity contribution in [2.45, 2.75) is 25.0 Å². The predicted molar refractivity (Wildman–Crippen MR) is 100.0 cm³/mol. The fourth-order valence-electron chi connectivity index (χ4n) is 3.23. The Morgan fingerprint density at radius 1 is 1.19 bits per heavy atom. The SMILES string of the molecule is CCOC(=O)C1=C2S[C@H](C)C(=O)N2C(N)=C(C(=O)OC)[C@H]1c1ccccc1. The summed E-state index contributed by atoms with van der Waals surface area (Å²) < 4.78 is 10.2. The first-order chi connectivity index (χ1) is 12.9. The molecule has 27 heavy (non-hydrogen) atoms. The van der Waals surface area contributed by atoms with Crippen LogP contribution in [0.3, 0.4) is 0 Å². The summed E-state index contributed by atoms with van der Waals surface area (Å²) in [5.41, 5.74) is 7.20. The Labute approximate surface area is 161 Å². The van der Waals surface area contributed by atoms with Crippen LogP contribution >= 0.6 is 11.8 Å². The van der Waals surface area contributed by atoms with Crippen molar-refractivity contribution in [2.75, 3.05) is 13.7 Å². The second kappa shape index (κ2) is 7.48. The summed E-state index contributed by atoms with van der Waals surface area (Å²) >= 11 is 1.23. The standard InChI is InChI=1S/C19H20N2O5S/c1-4-26-19(24)14-12(11-8-6-5-7-9-11)13(18(23)25-3)15(20)21-16(22)10(2)27-17(14)21/h5-10,12H,4,20H2,1-3H3/t10-,12-/m1/s1. The van der Waals surface area contributed by atoms with Gasteiger partial charge in [0.15, 0.2) is 0 Å². The van der Waals surface area contributed by atoms with E-state index in [2.05, 4.69) is 0 Å². The number of esters is 2. The minimum atomic E-state index is -0.783. The maximum absolute atomic E-state index is 12.9. The number of fused-ring (bicyclic) bond motifs is 1. The zero-order chi connectivity index (χ0) is 19.7. The molecule has 1 saturated heterocycles. The van der Waals surface area contributed by atoms with Crippen molar-refractivity contribution in [1.29, 1.82) is 0 Å². The van der Waals surface area contributed by atoms with E-state index in [1.54, 1.807) is 38.1 Å². The van der Waals surface area contributed by atoms with Crippen molar-refractivity contribution in [3.8, 4) is 0 Å². The normalized spacial score (nSPS) is 22.0. The molecular weight excluding hydrogens is 368 g/mol. The molecule has 2 aliphatic rings. The van der Waals surface area contributed by atoms with Crippen molar-refractivity contribution < 1.29 is 23.9 Å². The number of rotatable bonds is 4. The highest BCUT2D eigenvalue weighted by Gasteiger charge is 2.48. The molecule has 2 aliphatic heterocycles. The van der Waals surface area contributed by atoms with Gasteiger partial charge in [-0.1, -0.05) is 42.1 Å². The molecule has 0 unspecified atom stereocenters. The average Bonchev–Trinajstić information content (AvgIpc) is 2.96. The van der Waals surface area contributed by atoms with Gasteiger partial charge in [0, 0.05) is 0 Å². The number of ether oxygens (including phenoxy) is 2. The lowest BCUT2D eigenvalue weighted by atomic mass is 9.82. The van der Waals surface area contributed by atoms with Crippen molar-refractivity contribution in [3.63, 3.8) is 0 Å². The van der Waals surface area contributed by atoms with Crippen LogP contribution in [-0.4, -0.2) is 41.7 Å². The highest BCUT2D eigenvalue weighted by molar-refractivity contribution is 8.04. The molecule has 1 aromatic rings. The third kappa shape index (κ3) is 3.10. The van der Waals surface area contributed by atoms with Gasteiger partial charge in [-0.2, -0.15) is 0 Å². The summed E-state index contributed by atoms with van der Waals surface area (Å²) in [4.78, 5) is 39.3. The molecule has 2 atom stereocenters. The Morgan fingerprint density at radius 3 is 2.44 bits per heavy atom. The van der Waals surface area contributed by atoms with Gasteiger partial charge >= 0.3 is 11.9 Å². The van der Waals surface area contributed by atoms with E-state index in [0.29, 0.717) is 10.6 Å². The summed E-state index contributed by atoms with van der Waals surface area (Å²) in [5, 5.41) is -0.0265. The maximum atomic E-state index is 12.9. The van der Waals surface area contributed by atoms with Crippen LogP contribution in [-0.2, 0) is 23.9 Å². The minimum Gasteiger partial charge on any atom is -0.466 e. The molecule has 0 aliphatic carbocycles. The third-order valence-corrected chi connectivity index (χ3v) is 5.60. The molecule has 8 heteroatoms. The molecule has 2 heterocycles. The van der Waals surface area contributed by atoms with Crippen LogP contribution in [0.2, 0.25) is 0 Å². The monoisotopic (exact) mass is 388 g/mol. The Balaban J connectivity index is 2.30. The van der Waals surface area contributed by atoms with Crippen LogP contribution in [0, 0.1) is 0 Å². The van der Waals surface area contributed by atoms with E-state index in [0.717, 1.165) is 0 Å². The smallest absolute Gasteiger partial charge is 0.338 e. The molecule has 3 rings (SSSR count). The number of benzene rings is 1. The van der Waals surface area contributed by atoms with Crippen LogP contribution in [0.5, 0.6) is 0 Å². The zero-order valence-electron chi connectivity index (χ0n) is 15.2. The summed E-state index contributed by atoms with van der Waals surface area (Å²) in [6.07, 6.45) is 0. The number of carbonyl (C=O) groups excluding carboxylic acids is 3. The fourth-order valence-corrected chi connectivity index (χ4v) is 4.39. The highest BCUT2D eigenvalue weighted by Crippen LogP contribution is 2.49. The molecule has 1 fully saturated rings. The van der Waals surface area contributed by atoms with Crippen molar-refractivity contribution in [1.82, 2.24) is 4.90 Å². The van der Waals surface area contributed by atoms with E-state index < -0.39 is 23.1 Å². The molecule has 0 spiro atoms. The first-order valence-electron chi connectivity index (χ1n) is 8.47. The van der Waals surface area contributed by atoms with Crippen LogP contribution < -0.4 is 5.73 Å². The Hall–Kier alpha value is -2.74. The van der Waals surface area contributed by atoms with Crippen LogP contribution in [0.25, 0.3) is 0 Å². The van der Waals surface area contributed by atoms with Crippen molar-refractivity contribution in [3.05, 3.63) is 57.9 Å². The predicted octanol–water partition coefficient (Wildman–Crippen LogP) is 1.87. The molecular formula is C19H20N2O5S. The second-order valence-corrected chi connectivity index (χ2v) is 7.34. The van der Waals surface area contributed by atoms with Gasteiger partial charge in [0.1, 0.15) is 5.82 Å². The zero-order valence-corrected chi connectivity index (χ0v) is 16.0. The lowest BCUT2D eigenvalue weighted by Gasteiger charge is -2.33. The van der Waals surface area contributed by atoms with Gasteiger partial charge in [-0.25, -0.2) is 9.59 Å². The van der Waals surface area contributed by atoms with Crippen LogP contribution in [0.15, 0.2) is 52.3 Å². The second-order valence-electron chi connectivity index (χ2n) is 6.01. The number of amides is 1. The molecule has 0 aromatic heterocycles. The minimum absolute atomic E-state index is 0.0133. The number of methoxy groups -OCH3 is 1. The number of thioether (sulfide) groups is 1. The Kier molecular flexibility index (Phi) is 5.27. The highest BCUT2D eigenvalue weighted by atomic mass is 32.2. The first-order valence-corrected chi connectivity index (χ1v) is 9.35. The Morgan fingerprint density at radius 2 is 1.85 bits per heavy atom. The largest absolute Gasteiger partial charge is 0.466 e. The molecule has 142 valence electrons. The van der Waals surface area contributed by atoms with Gasteiger partial charge in [0.2, 0.25) is 5.91 Å². The van der Waals surface area contributed by atoms with E-state index in [1.807, 2.05) is 6.07 Å². The summed E-state index contributed by atoms with van der Waals surface area (Å²) in [7, 11) is 1.23. The van der Waals surface area contributed by atoms with Crippen molar-refractivity contribution >= 4 is 29.6 Å². The van der Waals surface area contributed by atoms with Gasteiger partial charge in [-0.3, -0.25) is 9.69 Å². The third-order valence-electron chi connectivity index (χ3n) is 4.42. The number of carbonyl (C=O) groups is 3.